The normalized spacial score (nSPS) is 17.2. The van der Waals surface area contributed by atoms with Crippen LogP contribution in [0, 0.1) is 5.82 Å². The molecule has 1 aromatic carbocycles. The van der Waals surface area contributed by atoms with E-state index in [1.54, 1.807) is 37.2 Å². The van der Waals surface area contributed by atoms with Crippen LogP contribution in [0.1, 0.15) is 36.2 Å². The number of hydrogen-bond donors (Lipinski definition) is 1. The number of carbonyl (C=O) groups is 1. The number of aromatic amines is 1. The number of piperidine rings is 1. The lowest BCUT2D eigenvalue weighted by Crippen LogP contribution is -2.44. The first-order valence-corrected chi connectivity index (χ1v) is 8.13. The van der Waals surface area contributed by atoms with E-state index in [0.717, 1.165) is 18.7 Å². The van der Waals surface area contributed by atoms with Gasteiger partial charge in [0.25, 0.3) is 0 Å². The van der Waals surface area contributed by atoms with Crippen molar-refractivity contribution in [2.45, 2.75) is 24.8 Å². The fourth-order valence-corrected chi connectivity index (χ4v) is 3.29. The Morgan fingerprint density at radius 3 is 2.62 bits per heavy atom. The molecule has 7 heteroatoms. The Morgan fingerprint density at radius 2 is 2.04 bits per heavy atom. The van der Waals surface area contributed by atoms with Crippen LogP contribution >= 0.6 is 0 Å². The molecule has 24 heavy (non-hydrogen) atoms. The van der Waals surface area contributed by atoms with E-state index in [1.807, 2.05) is 4.90 Å². The maximum absolute atomic E-state index is 14.2. The molecule has 0 spiro atoms. The van der Waals surface area contributed by atoms with Gasteiger partial charge in [0.15, 0.2) is 0 Å². The summed E-state index contributed by atoms with van der Waals surface area (Å²) in [6.45, 7) is 1.28. The quantitative estimate of drug-likeness (QED) is 0.930. The van der Waals surface area contributed by atoms with Gasteiger partial charge in [-0.1, -0.05) is 18.2 Å². The molecule has 1 N–H and O–H groups in total. The molecule has 1 aliphatic rings. The minimum absolute atomic E-state index is 0.0545. The molecule has 1 unspecified atom stereocenters. The number of hydrogen-bond acceptors (Lipinski definition) is 4. The van der Waals surface area contributed by atoms with Gasteiger partial charge in [-0.2, -0.15) is 5.10 Å². The van der Waals surface area contributed by atoms with Gasteiger partial charge in [-0.25, -0.2) is 9.37 Å². The van der Waals surface area contributed by atoms with Crippen molar-refractivity contribution in [1.29, 1.82) is 0 Å². The Balaban J connectivity index is 1.72. The monoisotopic (exact) mass is 331 g/mol. The largest absolute Gasteiger partial charge is 0.341 e. The zero-order valence-electron chi connectivity index (χ0n) is 13.9. The van der Waals surface area contributed by atoms with Crippen LogP contribution in [-0.2, 0) is 4.79 Å². The molecule has 1 aromatic heterocycles. The van der Waals surface area contributed by atoms with E-state index >= 15 is 0 Å². The number of halogens is 1. The molecule has 3 rings (SSSR count). The van der Waals surface area contributed by atoms with Crippen molar-refractivity contribution in [2.24, 2.45) is 0 Å². The zero-order chi connectivity index (χ0) is 17.1. The standard InChI is InChI=1S/C17H22FN5O/c1-22(2)15(13-5-3-4-6-14(13)18)17(24)23-9-7-12(8-10-23)16-19-11-20-21-16/h3-6,11-12,15H,7-10H2,1-2H3,(H,19,20,21). The van der Waals surface area contributed by atoms with E-state index < -0.39 is 6.04 Å². The number of nitrogens with one attached hydrogen (secondary N) is 1. The summed E-state index contributed by atoms with van der Waals surface area (Å²) in [5.74, 6) is 0.769. The van der Waals surface area contributed by atoms with Gasteiger partial charge in [0.05, 0.1) is 0 Å². The minimum Gasteiger partial charge on any atom is -0.341 e. The van der Waals surface area contributed by atoms with Crippen LogP contribution in [0.15, 0.2) is 30.6 Å². The number of benzene rings is 1. The molecule has 0 saturated carbocycles. The number of nitrogens with zero attached hydrogens (tertiary/aromatic N) is 4. The van der Waals surface area contributed by atoms with Crippen LogP contribution in [0.2, 0.25) is 0 Å². The molecule has 1 atom stereocenters. The molecule has 1 amide bonds. The second-order valence-corrected chi connectivity index (χ2v) is 6.36. The molecule has 1 saturated heterocycles. The summed E-state index contributed by atoms with van der Waals surface area (Å²) < 4.78 is 14.2. The number of carbonyl (C=O) groups excluding carboxylic acids is 1. The van der Waals surface area contributed by atoms with E-state index in [4.69, 9.17) is 0 Å². The van der Waals surface area contributed by atoms with Crippen molar-refractivity contribution >= 4 is 5.91 Å². The van der Waals surface area contributed by atoms with Gasteiger partial charge in [-0.15, -0.1) is 0 Å². The molecule has 1 aliphatic heterocycles. The van der Waals surface area contributed by atoms with Gasteiger partial charge in [-0.3, -0.25) is 14.8 Å². The molecule has 0 bridgehead atoms. The van der Waals surface area contributed by atoms with Crippen LogP contribution in [0.4, 0.5) is 4.39 Å². The molecule has 128 valence electrons. The van der Waals surface area contributed by atoms with Gasteiger partial charge < -0.3 is 4.90 Å². The van der Waals surface area contributed by atoms with Crippen molar-refractivity contribution in [3.8, 4) is 0 Å². The Labute approximate surface area is 140 Å². The number of likely N-dealkylation sites (N-methyl/N-ethyl adjacent to an activating group) is 1. The maximum Gasteiger partial charge on any atom is 0.244 e. The van der Waals surface area contributed by atoms with Crippen LogP contribution in [-0.4, -0.2) is 58.1 Å². The third-order valence-electron chi connectivity index (χ3n) is 4.58. The first-order valence-electron chi connectivity index (χ1n) is 8.13. The van der Waals surface area contributed by atoms with Crippen molar-refractivity contribution in [3.63, 3.8) is 0 Å². The Kier molecular flexibility index (Phi) is 4.89. The highest BCUT2D eigenvalue weighted by molar-refractivity contribution is 5.83. The average Bonchev–Trinajstić information content (AvgIpc) is 3.11. The predicted molar refractivity (Wildman–Crippen MR) is 87.8 cm³/mol. The van der Waals surface area contributed by atoms with E-state index in [9.17, 15) is 9.18 Å². The van der Waals surface area contributed by atoms with Crippen molar-refractivity contribution in [3.05, 3.63) is 47.8 Å². The van der Waals surface area contributed by atoms with Gasteiger partial charge in [0.1, 0.15) is 24.0 Å². The molecular formula is C17H22FN5O. The molecule has 2 aromatic rings. The first-order chi connectivity index (χ1) is 11.6. The molecule has 1 fully saturated rings. The van der Waals surface area contributed by atoms with Gasteiger partial charge in [0.2, 0.25) is 5.91 Å². The van der Waals surface area contributed by atoms with Crippen molar-refractivity contribution in [2.75, 3.05) is 27.2 Å². The van der Waals surface area contributed by atoms with Crippen molar-refractivity contribution in [1.82, 2.24) is 25.0 Å². The van der Waals surface area contributed by atoms with E-state index in [1.165, 1.54) is 12.4 Å². The Morgan fingerprint density at radius 1 is 1.33 bits per heavy atom. The number of H-pyrrole nitrogens is 1. The molecule has 2 heterocycles. The fraction of sp³-hybridized carbons (Fsp3) is 0.471. The first kappa shape index (κ1) is 16.6. The van der Waals surface area contributed by atoms with E-state index in [-0.39, 0.29) is 11.7 Å². The maximum atomic E-state index is 14.2. The minimum atomic E-state index is -0.604. The van der Waals surface area contributed by atoms with Crippen molar-refractivity contribution < 1.29 is 9.18 Å². The third kappa shape index (κ3) is 3.31. The lowest BCUT2D eigenvalue weighted by molar-refractivity contribution is -0.137. The fourth-order valence-electron chi connectivity index (χ4n) is 3.29. The topological polar surface area (TPSA) is 65.1 Å². The van der Waals surface area contributed by atoms with Gasteiger partial charge in [-0.05, 0) is 33.0 Å². The lowest BCUT2D eigenvalue weighted by atomic mass is 9.95. The van der Waals surface area contributed by atoms with E-state index in [0.29, 0.717) is 24.6 Å². The molecule has 0 radical (unpaired) electrons. The zero-order valence-corrected chi connectivity index (χ0v) is 13.9. The number of aromatic nitrogens is 3. The van der Waals surface area contributed by atoms with Gasteiger partial charge >= 0.3 is 0 Å². The van der Waals surface area contributed by atoms with Crippen LogP contribution in [0.5, 0.6) is 0 Å². The molecular weight excluding hydrogens is 309 g/mol. The number of rotatable bonds is 4. The highest BCUT2D eigenvalue weighted by Crippen LogP contribution is 2.29. The molecule has 0 aliphatic carbocycles. The highest BCUT2D eigenvalue weighted by atomic mass is 19.1. The Bertz CT molecular complexity index is 680. The summed E-state index contributed by atoms with van der Waals surface area (Å²) in [7, 11) is 3.60. The predicted octanol–water partition coefficient (Wildman–Crippen LogP) is 1.95. The number of amides is 1. The van der Waals surface area contributed by atoms with Gasteiger partial charge in [0, 0.05) is 24.6 Å². The third-order valence-corrected chi connectivity index (χ3v) is 4.58. The highest BCUT2D eigenvalue weighted by Gasteiger charge is 2.32. The second kappa shape index (κ2) is 7.09. The van der Waals surface area contributed by atoms with E-state index in [2.05, 4.69) is 15.2 Å². The summed E-state index contributed by atoms with van der Waals surface area (Å²) in [4.78, 5) is 20.8. The second-order valence-electron chi connectivity index (χ2n) is 6.36. The number of likely N-dealkylation sites (tertiary alicyclic amines) is 1. The molecule has 6 nitrogen and oxygen atoms in total. The van der Waals surface area contributed by atoms with Crippen LogP contribution in [0.3, 0.4) is 0 Å². The summed E-state index contributed by atoms with van der Waals surface area (Å²) in [5.41, 5.74) is 0.421. The Hall–Kier alpha value is -2.28. The SMILES string of the molecule is CN(C)C(C(=O)N1CCC(c2ncn[nH]2)CC1)c1ccccc1F. The smallest absolute Gasteiger partial charge is 0.244 e. The van der Waals surface area contributed by atoms with Crippen LogP contribution < -0.4 is 0 Å². The average molecular weight is 331 g/mol. The summed E-state index contributed by atoms with van der Waals surface area (Å²) in [6, 6.07) is 5.87. The summed E-state index contributed by atoms with van der Waals surface area (Å²) in [5, 5.41) is 6.79. The lowest BCUT2D eigenvalue weighted by Gasteiger charge is -2.35. The van der Waals surface area contributed by atoms with Crippen LogP contribution in [0.25, 0.3) is 0 Å². The summed E-state index contributed by atoms with van der Waals surface area (Å²) >= 11 is 0. The summed E-state index contributed by atoms with van der Waals surface area (Å²) in [6.07, 6.45) is 3.17.